The van der Waals surface area contributed by atoms with E-state index in [4.69, 9.17) is 4.74 Å². The number of hydrogen-bond acceptors (Lipinski definition) is 3. The number of fused-ring (bicyclic) bond motifs is 1. The molecule has 2 heterocycles. The number of ether oxygens (including phenoxy) is 1. The third kappa shape index (κ3) is 3.14. The van der Waals surface area contributed by atoms with Crippen molar-refractivity contribution < 1.29 is 14.3 Å². The molecule has 0 aromatic heterocycles. The highest BCUT2D eigenvalue weighted by atomic mass is 16.5. The minimum atomic E-state index is -0.0459. The maximum Gasteiger partial charge on any atom is 0.246 e. The first-order valence-electron chi connectivity index (χ1n) is 7.89. The van der Waals surface area contributed by atoms with Crippen LogP contribution in [0.15, 0.2) is 24.3 Å². The summed E-state index contributed by atoms with van der Waals surface area (Å²) in [7, 11) is 1.77. The van der Waals surface area contributed by atoms with E-state index in [2.05, 4.69) is 0 Å². The van der Waals surface area contributed by atoms with E-state index >= 15 is 0 Å². The smallest absolute Gasteiger partial charge is 0.246 e. The molecule has 0 bridgehead atoms. The number of likely N-dealkylation sites (N-methyl/N-ethyl adjacent to an activating group) is 1. The zero-order valence-corrected chi connectivity index (χ0v) is 13.0. The molecule has 22 heavy (non-hydrogen) atoms. The molecule has 0 radical (unpaired) electrons. The predicted octanol–water partition coefficient (Wildman–Crippen LogP) is 1.95. The molecule has 1 fully saturated rings. The molecule has 1 aromatic carbocycles. The highest BCUT2D eigenvalue weighted by Gasteiger charge is 2.27. The second-order valence-electron chi connectivity index (χ2n) is 6.00. The third-order valence-corrected chi connectivity index (χ3v) is 4.47. The van der Waals surface area contributed by atoms with Gasteiger partial charge in [0.2, 0.25) is 11.8 Å². The topological polar surface area (TPSA) is 49.9 Å². The van der Waals surface area contributed by atoms with Crippen molar-refractivity contribution in [1.29, 1.82) is 0 Å². The van der Waals surface area contributed by atoms with E-state index in [9.17, 15) is 9.59 Å². The van der Waals surface area contributed by atoms with Crippen LogP contribution in [0.5, 0.6) is 0 Å². The van der Waals surface area contributed by atoms with Gasteiger partial charge in [-0.1, -0.05) is 18.2 Å². The summed E-state index contributed by atoms with van der Waals surface area (Å²) in [5.74, 6) is -0.00984. The quantitative estimate of drug-likeness (QED) is 0.857. The van der Waals surface area contributed by atoms with Crippen LogP contribution in [-0.2, 0) is 20.9 Å². The predicted molar refractivity (Wildman–Crippen MR) is 83.5 cm³/mol. The highest BCUT2D eigenvalue weighted by Crippen LogP contribution is 2.25. The Bertz CT molecular complexity index is 567. The maximum absolute atomic E-state index is 12.5. The summed E-state index contributed by atoms with van der Waals surface area (Å²) in [4.78, 5) is 28.0. The number of rotatable bonds is 3. The molecule has 0 saturated carbocycles. The number of nitrogens with zero attached hydrogens (tertiary/aromatic N) is 2. The van der Waals surface area contributed by atoms with Crippen molar-refractivity contribution in [3.05, 3.63) is 29.8 Å². The van der Waals surface area contributed by atoms with Crippen LogP contribution >= 0.6 is 0 Å². The summed E-state index contributed by atoms with van der Waals surface area (Å²) in [5, 5.41) is 0. The first-order valence-corrected chi connectivity index (χ1v) is 7.89. The largest absolute Gasteiger partial charge is 0.378 e. The summed E-state index contributed by atoms with van der Waals surface area (Å²) < 4.78 is 5.56. The van der Waals surface area contributed by atoms with E-state index in [0.29, 0.717) is 13.0 Å². The fourth-order valence-corrected chi connectivity index (χ4v) is 3.13. The van der Waals surface area contributed by atoms with Crippen LogP contribution in [0.25, 0.3) is 0 Å². The fourth-order valence-electron chi connectivity index (χ4n) is 3.13. The summed E-state index contributed by atoms with van der Waals surface area (Å²) in [5.41, 5.74) is 1.91. The molecule has 3 rings (SSSR count). The summed E-state index contributed by atoms with van der Waals surface area (Å²) in [6.07, 6.45) is 3.53. The Labute approximate surface area is 130 Å². The van der Waals surface area contributed by atoms with Gasteiger partial charge < -0.3 is 14.5 Å². The van der Waals surface area contributed by atoms with Gasteiger partial charge in [0.05, 0.1) is 6.10 Å². The number of benzene rings is 1. The average molecular weight is 302 g/mol. The van der Waals surface area contributed by atoms with E-state index < -0.39 is 0 Å². The Morgan fingerprint density at radius 3 is 2.91 bits per heavy atom. The lowest BCUT2D eigenvalue weighted by Crippen LogP contribution is -2.38. The van der Waals surface area contributed by atoms with Crippen molar-refractivity contribution in [2.24, 2.45) is 0 Å². The molecule has 0 spiro atoms. The van der Waals surface area contributed by atoms with Gasteiger partial charge in [-0.15, -0.1) is 0 Å². The van der Waals surface area contributed by atoms with Gasteiger partial charge in [0.15, 0.2) is 0 Å². The summed E-state index contributed by atoms with van der Waals surface area (Å²) in [6, 6.07) is 7.76. The minimum absolute atomic E-state index is 0.0361. The number of carbonyl (C=O) groups excluding carboxylic acids is 2. The van der Waals surface area contributed by atoms with Gasteiger partial charge in [-0.3, -0.25) is 9.59 Å². The van der Waals surface area contributed by atoms with Crippen molar-refractivity contribution in [3.63, 3.8) is 0 Å². The van der Waals surface area contributed by atoms with Gasteiger partial charge in [0.1, 0.15) is 6.54 Å². The van der Waals surface area contributed by atoms with E-state index in [1.165, 1.54) is 0 Å². The fraction of sp³-hybridized carbons (Fsp3) is 0.529. The molecule has 1 aromatic rings. The lowest BCUT2D eigenvalue weighted by atomic mass is 10.1. The van der Waals surface area contributed by atoms with E-state index in [1.54, 1.807) is 16.8 Å². The lowest BCUT2D eigenvalue weighted by molar-refractivity contribution is -0.136. The van der Waals surface area contributed by atoms with Crippen LogP contribution < -0.4 is 4.90 Å². The minimum Gasteiger partial charge on any atom is -0.378 e. The first kappa shape index (κ1) is 15.0. The van der Waals surface area contributed by atoms with Crippen LogP contribution in [0.4, 0.5) is 5.69 Å². The van der Waals surface area contributed by atoms with E-state index in [0.717, 1.165) is 37.1 Å². The van der Waals surface area contributed by atoms with Gasteiger partial charge in [-0.2, -0.15) is 0 Å². The molecule has 1 atom stereocenters. The molecule has 2 amide bonds. The molecule has 0 N–H and O–H groups in total. The summed E-state index contributed by atoms with van der Waals surface area (Å²) in [6.45, 7) is 1.45. The Hall–Kier alpha value is -1.88. The molecule has 0 aliphatic carbocycles. The van der Waals surface area contributed by atoms with Gasteiger partial charge in [-0.25, -0.2) is 0 Å². The zero-order valence-electron chi connectivity index (χ0n) is 13.0. The Morgan fingerprint density at radius 2 is 2.14 bits per heavy atom. The van der Waals surface area contributed by atoms with Gasteiger partial charge in [0.25, 0.3) is 0 Å². The number of anilines is 1. The standard InChI is InChI=1S/C17H22N2O3/c1-18-15-7-3-2-5-13(15)11-19(12-17(18)21)16(20)9-8-14-6-4-10-22-14/h2-3,5,7,14H,4,6,8-12H2,1H3/t14-/m0/s1. The molecule has 0 unspecified atom stereocenters. The van der Waals surface area contributed by atoms with Crippen LogP contribution in [-0.4, -0.2) is 43.0 Å². The van der Waals surface area contributed by atoms with Crippen molar-refractivity contribution in [2.45, 2.75) is 38.3 Å². The van der Waals surface area contributed by atoms with Crippen LogP contribution in [0.3, 0.4) is 0 Å². The monoisotopic (exact) mass is 302 g/mol. The number of amides is 2. The van der Waals surface area contributed by atoms with Crippen molar-refractivity contribution in [1.82, 2.24) is 4.90 Å². The second kappa shape index (κ2) is 6.48. The van der Waals surface area contributed by atoms with E-state index in [-0.39, 0.29) is 24.5 Å². The SMILES string of the molecule is CN1C(=O)CN(C(=O)CC[C@@H]2CCCO2)Cc2ccccc21. The highest BCUT2D eigenvalue weighted by molar-refractivity contribution is 5.97. The second-order valence-corrected chi connectivity index (χ2v) is 6.00. The molecular weight excluding hydrogens is 280 g/mol. The lowest BCUT2D eigenvalue weighted by Gasteiger charge is -2.20. The van der Waals surface area contributed by atoms with Crippen LogP contribution in [0.2, 0.25) is 0 Å². The zero-order chi connectivity index (χ0) is 15.5. The van der Waals surface area contributed by atoms with Crippen molar-refractivity contribution in [3.8, 4) is 0 Å². The Balaban J connectivity index is 1.68. The number of carbonyl (C=O) groups is 2. The van der Waals surface area contributed by atoms with Gasteiger partial charge in [0, 0.05) is 32.3 Å². The van der Waals surface area contributed by atoms with Crippen molar-refractivity contribution in [2.75, 3.05) is 25.1 Å². The third-order valence-electron chi connectivity index (χ3n) is 4.47. The van der Waals surface area contributed by atoms with Gasteiger partial charge >= 0.3 is 0 Å². The Morgan fingerprint density at radius 1 is 1.32 bits per heavy atom. The van der Waals surface area contributed by atoms with Crippen LogP contribution in [0, 0.1) is 0 Å². The molecule has 1 saturated heterocycles. The first-order chi connectivity index (χ1) is 10.6. The Kier molecular flexibility index (Phi) is 4.43. The summed E-state index contributed by atoms with van der Waals surface area (Å²) >= 11 is 0. The van der Waals surface area contributed by atoms with Gasteiger partial charge in [-0.05, 0) is 30.9 Å². The van der Waals surface area contributed by atoms with E-state index in [1.807, 2.05) is 24.3 Å². The number of para-hydroxylation sites is 1. The average Bonchev–Trinajstić information content (AvgIpc) is 3.01. The molecule has 118 valence electrons. The normalized spacial score (nSPS) is 21.7. The molecular formula is C17H22N2O3. The van der Waals surface area contributed by atoms with Crippen LogP contribution in [0.1, 0.15) is 31.2 Å². The van der Waals surface area contributed by atoms with Crippen molar-refractivity contribution >= 4 is 17.5 Å². The molecule has 2 aliphatic rings. The molecule has 5 nitrogen and oxygen atoms in total. The maximum atomic E-state index is 12.5. The molecule has 5 heteroatoms. The molecule has 2 aliphatic heterocycles. The number of hydrogen-bond donors (Lipinski definition) is 0.